The highest BCUT2D eigenvalue weighted by atomic mass is 16.2. The van der Waals surface area contributed by atoms with Crippen LogP contribution in [-0.4, -0.2) is 30.9 Å². The molecule has 1 saturated heterocycles. The molecule has 0 aliphatic carbocycles. The van der Waals surface area contributed by atoms with E-state index in [1.807, 2.05) is 6.92 Å². The van der Waals surface area contributed by atoms with E-state index in [2.05, 4.69) is 16.0 Å². The molecule has 1 aliphatic heterocycles. The first-order chi connectivity index (χ1) is 9.70. The van der Waals surface area contributed by atoms with Crippen molar-refractivity contribution >= 4 is 17.5 Å². The van der Waals surface area contributed by atoms with Crippen molar-refractivity contribution in [3.05, 3.63) is 29.8 Å². The molecule has 0 radical (unpaired) electrons. The summed E-state index contributed by atoms with van der Waals surface area (Å²) in [6, 6.07) is 6.90. The van der Waals surface area contributed by atoms with Gasteiger partial charge in [0.1, 0.15) is 0 Å². The molecule has 5 heteroatoms. The van der Waals surface area contributed by atoms with Gasteiger partial charge in [0.25, 0.3) is 5.91 Å². The van der Waals surface area contributed by atoms with Crippen molar-refractivity contribution in [2.75, 3.05) is 18.4 Å². The van der Waals surface area contributed by atoms with Gasteiger partial charge in [0.05, 0.1) is 6.04 Å². The van der Waals surface area contributed by atoms with E-state index >= 15 is 0 Å². The normalized spacial score (nSPS) is 17.8. The van der Waals surface area contributed by atoms with Crippen LogP contribution in [0.15, 0.2) is 24.3 Å². The molecule has 0 bridgehead atoms. The summed E-state index contributed by atoms with van der Waals surface area (Å²) in [5.74, 6) is -0.143. The number of hydrogen-bond donors (Lipinski definition) is 3. The first kappa shape index (κ1) is 14.5. The first-order valence-electron chi connectivity index (χ1n) is 7.13. The van der Waals surface area contributed by atoms with E-state index < -0.39 is 0 Å². The van der Waals surface area contributed by atoms with Crippen LogP contribution >= 0.6 is 0 Å². The Morgan fingerprint density at radius 1 is 1.40 bits per heavy atom. The van der Waals surface area contributed by atoms with E-state index in [0.29, 0.717) is 17.8 Å². The predicted molar refractivity (Wildman–Crippen MR) is 78.7 cm³/mol. The summed E-state index contributed by atoms with van der Waals surface area (Å²) in [6.07, 6.45) is 2.79. The lowest BCUT2D eigenvalue weighted by Crippen LogP contribution is -2.35. The van der Waals surface area contributed by atoms with Crippen LogP contribution in [0.4, 0.5) is 5.69 Å². The van der Waals surface area contributed by atoms with E-state index in [1.165, 1.54) is 0 Å². The highest BCUT2D eigenvalue weighted by Crippen LogP contribution is 2.13. The Bertz CT molecular complexity index is 482. The molecule has 2 rings (SSSR count). The molecule has 1 unspecified atom stereocenters. The number of rotatable bonds is 5. The molecule has 108 valence electrons. The maximum absolute atomic E-state index is 12.0. The molecule has 1 atom stereocenters. The zero-order valence-electron chi connectivity index (χ0n) is 11.7. The lowest BCUT2D eigenvalue weighted by Gasteiger charge is -2.12. The van der Waals surface area contributed by atoms with Crippen molar-refractivity contribution < 1.29 is 9.59 Å². The molecule has 1 heterocycles. The third-order valence-corrected chi connectivity index (χ3v) is 3.30. The third kappa shape index (κ3) is 3.81. The van der Waals surface area contributed by atoms with Gasteiger partial charge in [0, 0.05) is 17.8 Å². The van der Waals surface area contributed by atoms with Gasteiger partial charge in [-0.15, -0.1) is 0 Å². The summed E-state index contributed by atoms with van der Waals surface area (Å²) >= 11 is 0. The molecule has 0 saturated carbocycles. The van der Waals surface area contributed by atoms with Gasteiger partial charge in [0.15, 0.2) is 0 Å². The molecule has 20 heavy (non-hydrogen) atoms. The van der Waals surface area contributed by atoms with Crippen LogP contribution in [0.25, 0.3) is 0 Å². The van der Waals surface area contributed by atoms with E-state index in [9.17, 15) is 9.59 Å². The van der Waals surface area contributed by atoms with Crippen LogP contribution in [0.3, 0.4) is 0 Å². The number of carbonyl (C=O) groups excluding carboxylic acids is 2. The second-order valence-electron chi connectivity index (χ2n) is 4.97. The highest BCUT2D eigenvalue weighted by Gasteiger charge is 2.21. The van der Waals surface area contributed by atoms with Gasteiger partial charge in [-0.25, -0.2) is 0 Å². The number of hydrogen-bond acceptors (Lipinski definition) is 3. The van der Waals surface area contributed by atoms with Crippen LogP contribution in [0, 0.1) is 0 Å². The number of carbonyl (C=O) groups is 2. The van der Waals surface area contributed by atoms with Gasteiger partial charge in [-0.2, -0.15) is 0 Å². The fourth-order valence-electron chi connectivity index (χ4n) is 2.22. The monoisotopic (exact) mass is 275 g/mol. The van der Waals surface area contributed by atoms with E-state index in [-0.39, 0.29) is 17.9 Å². The molecule has 3 N–H and O–H groups in total. The summed E-state index contributed by atoms with van der Waals surface area (Å²) in [7, 11) is 0. The topological polar surface area (TPSA) is 70.2 Å². The second kappa shape index (κ2) is 7.05. The lowest BCUT2D eigenvalue weighted by molar-refractivity contribution is -0.117. The number of nitrogens with one attached hydrogen (secondary N) is 3. The molecule has 5 nitrogen and oxygen atoms in total. The number of anilines is 1. The number of benzene rings is 1. The van der Waals surface area contributed by atoms with Crippen molar-refractivity contribution in [2.45, 2.75) is 32.2 Å². The van der Waals surface area contributed by atoms with Crippen LogP contribution in [0.2, 0.25) is 0 Å². The van der Waals surface area contributed by atoms with Gasteiger partial charge in [-0.1, -0.05) is 13.0 Å². The maximum Gasteiger partial charge on any atom is 0.251 e. The minimum absolute atomic E-state index is 0.0337. The average Bonchev–Trinajstić information content (AvgIpc) is 2.99. The fraction of sp³-hybridized carbons (Fsp3) is 0.467. The Balaban J connectivity index is 1.98. The van der Waals surface area contributed by atoms with Gasteiger partial charge in [-0.05, 0) is 44.0 Å². The summed E-state index contributed by atoms with van der Waals surface area (Å²) < 4.78 is 0. The zero-order chi connectivity index (χ0) is 14.4. The maximum atomic E-state index is 12.0. The van der Waals surface area contributed by atoms with Crippen molar-refractivity contribution in [1.29, 1.82) is 0 Å². The van der Waals surface area contributed by atoms with Crippen LogP contribution in [0.5, 0.6) is 0 Å². The summed E-state index contributed by atoms with van der Waals surface area (Å²) in [5, 5.41) is 8.82. The van der Waals surface area contributed by atoms with Gasteiger partial charge < -0.3 is 16.0 Å². The van der Waals surface area contributed by atoms with Crippen molar-refractivity contribution in [2.24, 2.45) is 0 Å². The first-order valence-corrected chi connectivity index (χ1v) is 7.13. The largest absolute Gasteiger partial charge is 0.352 e. The summed E-state index contributed by atoms with van der Waals surface area (Å²) in [4.78, 5) is 23.9. The molecule has 0 spiro atoms. The Morgan fingerprint density at radius 2 is 2.25 bits per heavy atom. The Labute approximate surface area is 119 Å². The average molecular weight is 275 g/mol. The molecule has 1 aliphatic rings. The Kier molecular flexibility index (Phi) is 5.12. The third-order valence-electron chi connectivity index (χ3n) is 3.30. The molecule has 0 aromatic heterocycles. The van der Waals surface area contributed by atoms with Crippen LogP contribution in [0.1, 0.15) is 36.5 Å². The number of amides is 2. The summed E-state index contributed by atoms with van der Waals surface area (Å²) in [6.45, 7) is 3.55. The molecular weight excluding hydrogens is 254 g/mol. The van der Waals surface area contributed by atoms with E-state index in [0.717, 1.165) is 25.8 Å². The van der Waals surface area contributed by atoms with Crippen molar-refractivity contribution in [1.82, 2.24) is 10.6 Å². The van der Waals surface area contributed by atoms with E-state index in [4.69, 9.17) is 0 Å². The highest BCUT2D eigenvalue weighted by molar-refractivity contribution is 5.98. The van der Waals surface area contributed by atoms with Gasteiger partial charge in [-0.3, -0.25) is 9.59 Å². The van der Waals surface area contributed by atoms with Gasteiger partial charge >= 0.3 is 0 Å². The second-order valence-corrected chi connectivity index (χ2v) is 4.97. The molecule has 2 amide bonds. The SMILES string of the molecule is CCCNC(=O)c1cccc(NC(=O)C2CCCN2)c1. The van der Waals surface area contributed by atoms with E-state index in [1.54, 1.807) is 24.3 Å². The fourth-order valence-corrected chi connectivity index (χ4v) is 2.22. The van der Waals surface area contributed by atoms with Crippen molar-refractivity contribution in [3.63, 3.8) is 0 Å². The summed E-state index contributed by atoms with van der Waals surface area (Å²) in [5.41, 5.74) is 1.23. The smallest absolute Gasteiger partial charge is 0.251 e. The Hall–Kier alpha value is -1.88. The Morgan fingerprint density at radius 3 is 2.95 bits per heavy atom. The zero-order valence-corrected chi connectivity index (χ0v) is 11.7. The molecular formula is C15H21N3O2. The standard InChI is InChI=1S/C15H21N3O2/c1-2-8-17-14(19)11-5-3-6-12(10-11)18-15(20)13-7-4-9-16-13/h3,5-6,10,13,16H,2,4,7-9H2,1H3,(H,17,19)(H,18,20). The lowest BCUT2D eigenvalue weighted by atomic mass is 10.1. The predicted octanol–water partition coefficient (Wildman–Crippen LogP) is 1.52. The van der Waals surface area contributed by atoms with Crippen LogP contribution in [-0.2, 0) is 4.79 Å². The minimum atomic E-state index is -0.118. The molecule has 1 aromatic carbocycles. The van der Waals surface area contributed by atoms with Crippen molar-refractivity contribution in [3.8, 4) is 0 Å². The molecule has 1 aromatic rings. The van der Waals surface area contributed by atoms with Crippen LogP contribution < -0.4 is 16.0 Å². The quantitative estimate of drug-likeness (QED) is 0.763. The minimum Gasteiger partial charge on any atom is -0.352 e. The van der Waals surface area contributed by atoms with Gasteiger partial charge in [0.2, 0.25) is 5.91 Å². The molecule has 1 fully saturated rings.